The Morgan fingerprint density at radius 2 is 1.95 bits per heavy atom. The fourth-order valence-corrected chi connectivity index (χ4v) is 2.41. The fourth-order valence-electron chi connectivity index (χ4n) is 2.30. The summed E-state index contributed by atoms with van der Waals surface area (Å²) in [5, 5.41) is 0. The van der Waals surface area contributed by atoms with E-state index in [1.54, 1.807) is 12.4 Å². The van der Waals surface area contributed by atoms with Gasteiger partial charge in [0.05, 0.1) is 12.4 Å². The highest BCUT2D eigenvalue weighted by Crippen LogP contribution is 2.22. The van der Waals surface area contributed by atoms with Gasteiger partial charge in [-0.05, 0) is 17.5 Å². The first-order valence-electron chi connectivity index (χ1n) is 6.17. The monoisotopic (exact) mass is 270 g/mol. The van der Waals surface area contributed by atoms with E-state index >= 15 is 0 Å². The molecule has 0 spiro atoms. The zero-order chi connectivity index (χ0) is 13.2. The number of aromatic nitrogens is 2. The Labute approximate surface area is 117 Å². The maximum atomic E-state index is 5.52. The summed E-state index contributed by atoms with van der Waals surface area (Å²) >= 11 is 4.88. The fraction of sp³-hybridized carbons (Fsp3) is 0.214. The lowest BCUT2D eigenvalue weighted by Crippen LogP contribution is -2.31. The Morgan fingerprint density at radius 1 is 1.16 bits per heavy atom. The molecule has 1 aliphatic heterocycles. The molecule has 0 bridgehead atoms. The molecule has 0 fully saturated rings. The van der Waals surface area contributed by atoms with Crippen LogP contribution >= 0.6 is 12.2 Å². The number of nitrogens with two attached hydrogens (primary N) is 1. The van der Waals surface area contributed by atoms with Crippen LogP contribution in [0.2, 0.25) is 0 Å². The van der Waals surface area contributed by atoms with Crippen LogP contribution in [-0.4, -0.2) is 21.5 Å². The van der Waals surface area contributed by atoms with Crippen LogP contribution in [0.5, 0.6) is 0 Å². The highest BCUT2D eigenvalue weighted by atomic mass is 32.1. The van der Waals surface area contributed by atoms with Gasteiger partial charge >= 0.3 is 0 Å². The first-order valence-corrected chi connectivity index (χ1v) is 6.58. The first-order chi connectivity index (χ1) is 9.24. The number of hydrogen-bond donors (Lipinski definition) is 1. The molecule has 19 heavy (non-hydrogen) atoms. The molecule has 2 N–H and O–H groups in total. The van der Waals surface area contributed by atoms with Crippen molar-refractivity contribution in [3.63, 3.8) is 0 Å². The van der Waals surface area contributed by atoms with E-state index in [-0.39, 0.29) is 4.99 Å². The first kappa shape index (κ1) is 12.0. The molecular formula is C14H14N4S. The second-order valence-electron chi connectivity index (χ2n) is 4.56. The van der Waals surface area contributed by atoms with Crippen LogP contribution in [0.15, 0.2) is 36.7 Å². The van der Waals surface area contributed by atoms with Crippen molar-refractivity contribution in [1.82, 2.24) is 9.97 Å². The molecule has 0 amide bonds. The molecular weight excluding hydrogens is 256 g/mol. The van der Waals surface area contributed by atoms with Gasteiger partial charge in [-0.2, -0.15) is 0 Å². The Morgan fingerprint density at radius 3 is 2.63 bits per heavy atom. The molecule has 0 aliphatic carbocycles. The van der Waals surface area contributed by atoms with E-state index < -0.39 is 0 Å². The van der Waals surface area contributed by atoms with E-state index in [0.29, 0.717) is 5.69 Å². The minimum Gasteiger partial charge on any atom is -0.388 e. The largest absolute Gasteiger partial charge is 0.388 e. The molecule has 2 aromatic rings. The molecule has 96 valence electrons. The van der Waals surface area contributed by atoms with E-state index in [1.807, 2.05) is 0 Å². The van der Waals surface area contributed by atoms with Gasteiger partial charge in [-0.1, -0.05) is 36.5 Å². The Balaban J connectivity index is 1.83. The van der Waals surface area contributed by atoms with Crippen molar-refractivity contribution < 1.29 is 0 Å². The minimum atomic E-state index is 0.281. The maximum absolute atomic E-state index is 5.52. The molecule has 0 saturated heterocycles. The van der Waals surface area contributed by atoms with Gasteiger partial charge in [0.1, 0.15) is 16.5 Å². The Kier molecular flexibility index (Phi) is 3.13. The summed E-state index contributed by atoms with van der Waals surface area (Å²) in [6, 6.07) is 8.52. The third kappa shape index (κ3) is 2.42. The number of benzene rings is 1. The lowest BCUT2D eigenvalue weighted by Gasteiger charge is -2.29. The molecule has 0 atom stereocenters. The van der Waals surface area contributed by atoms with Crippen molar-refractivity contribution in [1.29, 1.82) is 0 Å². The Bertz CT molecular complexity index is 609. The molecule has 3 rings (SSSR count). The van der Waals surface area contributed by atoms with Gasteiger partial charge in [0, 0.05) is 13.1 Å². The van der Waals surface area contributed by atoms with Crippen LogP contribution in [0.4, 0.5) is 5.82 Å². The summed E-state index contributed by atoms with van der Waals surface area (Å²) in [6.45, 7) is 1.83. The number of nitrogens with zero attached hydrogens (tertiary/aromatic N) is 3. The third-order valence-corrected chi connectivity index (χ3v) is 3.55. The van der Waals surface area contributed by atoms with Crippen molar-refractivity contribution in [2.75, 3.05) is 11.4 Å². The highest BCUT2D eigenvalue weighted by molar-refractivity contribution is 7.80. The predicted octanol–water partition coefficient (Wildman–Crippen LogP) is 1.67. The molecule has 0 unspecified atom stereocenters. The van der Waals surface area contributed by atoms with Crippen LogP contribution in [0.1, 0.15) is 16.8 Å². The number of thiocarbonyl (C=S) groups is 1. The SMILES string of the molecule is NC(=S)c1cnc(N2CCc3ccccc3C2)cn1. The molecule has 5 heteroatoms. The maximum Gasteiger partial charge on any atom is 0.147 e. The molecule has 4 nitrogen and oxygen atoms in total. The number of fused-ring (bicyclic) bond motifs is 1. The summed E-state index contributed by atoms with van der Waals surface area (Å²) in [4.78, 5) is 11.1. The summed E-state index contributed by atoms with van der Waals surface area (Å²) in [6.07, 6.45) is 4.41. The second-order valence-corrected chi connectivity index (χ2v) is 5.00. The highest BCUT2D eigenvalue weighted by Gasteiger charge is 2.17. The third-order valence-electron chi connectivity index (χ3n) is 3.35. The average Bonchev–Trinajstić information content (AvgIpc) is 2.47. The molecule has 1 aromatic carbocycles. The number of hydrogen-bond acceptors (Lipinski definition) is 4. The molecule has 1 aliphatic rings. The smallest absolute Gasteiger partial charge is 0.147 e. The Hall–Kier alpha value is -2.01. The molecule has 1 aromatic heterocycles. The van der Waals surface area contributed by atoms with Gasteiger partial charge in [0.25, 0.3) is 0 Å². The van der Waals surface area contributed by atoms with Gasteiger partial charge in [0.15, 0.2) is 0 Å². The second kappa shape index (κ2) is 4.93. The van der Waals surface area contributed by atoms with E-state index in [0.717, 1.165) is 25.3 Å². The average molecular weight is 270 g/mol. The summed E-state index contributed by atoms with van der Waals surface area (Å²) in [7, 11) is 0. The minimum absolute atomic E-state index is 0.281. The summed E-state index contributed by atoms with van der Waals surface area (Å²) in [5.74, 6) is 0.870. The zero-order valence-electron chi connectivity index (χ0n) is 10.4. The summed E-state index contributed by atoms with van der Waals surface area (Å²) < 4.78 is 0. The van der Waals surface area contributed by atoms with Gasteiger partial charge in [-0.25, -0.2) is 9.97 Å². The van der Waals surface area contributed by atoms with Crippen LogP contribution in [0.3, 0.4) is 0 Å². The van der Waals surface area contributed by atoms with Crippen LogP contribution in [-0.2, 0) is 13.0 Å². The predicted molar refractivity (Wildman–Crippen MR) is 79.1 cm³/mol. The van der Waals surface area contributed by atoms with Gasteiger partial charge in [0.2, 0.25) is 0 Å². The lowest BCUT2D eigenvalue weighted by molar-refractivity contribution is 0.718. The van der Waals surface area contributed by atoms with Crippen LogP contribution < -0.4 is 10.6 Å². The van der Waals surface area contributed by atoms with E-state index in [2.05, 4.69) is 39.1 Å². The lowest BCUT2D eigenvalue weighted by atomic mass is 10.0. The van der Waals surface area contributed by atoms with Crippen molar-refractivity contribution in [3.8, 4) is 0 Å². The normalized spacial score (nSPS) is 14.0. The molecule has 0 saturated carbocycles. The van der Waals surface area contributed by atoms with Crippen molar-refractivity contribution in [2.24, 2.45) is 5.73 Å². The van der Waals surface area contributed by atoms with Crippen LogP contribution in [0.25, 0.3) is 0 Å². The quantitative estimate of drug-likeness (QED) is 0.841. The van der Waals surface area contributed by atoms with E-state index in [1.165, 1.54) is 11.1 Å². The number of anilines is 1. The van der Waals surface area contributed by atoms with E-state index in [9.17, 15) is 0 Å². The van der Waals surface area contributed by atoms with Crippen molar-refractivity contribution in [2.45, 2.75) is 13.0 Å². The number of rotatable bonds is 2. The summed E-state index contributed by atoms with van der Waals surface area (Å²) in [5.41, 5.74) is 8.86. The van der Waals surface area contributed by atoms with Crippen molar-refractivity contribution >= 4 is 23.0 Å². The van der Waals surface area contributed by atoms with Gasteiger partial charge < -0.3 is 10.6 Å². The standard InChI is InChI=1S/C14H14N4S/c15-14(19)12-7-17-13(8-16-12)18-6-5-10-3-1-2-4-11(10)9-18/h1-4,7-8H,5-6,9H2,(H2,15,19). The van der Waals surface area contributed by atoms with E-state index in [4.69, 9.17) is 18.0 Å². The van der Waals surface area contributed by atoms with Crippen molar-refractivity contribution in [3.05, 3.63) is 53.5 Å². The molecule has 2 heterocycles. The molecule has 0 radical (unpaired) electrons. The van der Waals surface area contributed by atoms with Gasteiger partial charge in [-0.3, -0.25) is 0 Å². The van der Waals surface area contributed by atoms with Gasteiger partial charge in [-0.15, -0.1) is 0 Å². The van der Waals surface area contributed by atoms with Crippen LogP contribution in [0, 0.1) is 0 Å². The zero-order valence-corrected chi connectivity index (χ0v) is 11.2. The topological polar surface area (TPSA) is 55.0 Å².